The molecule has 0 heterocycles. The van der Waals surface area contributed by atoms with E-state index in [-0.39, 0.29) is 13.1 Å². The van der Waals surface area contributed by atoms with Crippen molar-refractivity contribution in [1.29, 1.82) is 0 Å². The van der Waals surface area contributed by atoms with E-state index in [1.54, 1.807) is 13.8 Å². The summed E-state index contributed by atoms with van der Waals surface area (Å²) in [4.78, 5) is 21.4. The topological polar surface area (TPSA) is 89.5 Å². The first-order chi connectivity index (χ1) is 10.5. The summed E-state index contributed by atoms with van der Waals surface area (Å²) in [6.07, 6.45) is -4.93. The second kappa shape index (κ2) is 6.63. The van der Waals surface area contributed by atoms with Crippen molar-refractivity contribution in [2.75, 3.05) is 18.0 Å². The number of likely N-dealkylation sites (N-methyl/N-ethyl adjacent to an activating group) is 1. The van der Waals surface area contributed by atoms with Gasteiger partial charge in [-0.2, -0.15) is 13.2 Å². The molecule has 0 bridgehead atoms. The van der Waals surface area contributed by atoms with Crippen molar-refractivity contribution < 1.29 is 23.0 Å². The summed E-state index contributed by atoms with van der Waals surface area (Å²) in [5, 5.41) is 22.3. The summed E-state index contributed by atoms with van der Waals surface area (Å²) in [5.41, 5.74) is -3.27. The molecular weight excluding hydrogens is 319 g/mol. The first kappa shape index (κ1) is 18.4. The van der Waals surface area contributed by atoms with Crippen LogP contribution in [0.25, 0.3) is 0 Å². The number of hydrogen-bond donors (Lipinski definition) is 0. The molecule has 7 nitrogen and oxygen atoms in total. The number of hydrogen-bond acceptors (Lipinski definition) is 5. The van der Waals surface area contributed by atoms with E-state index in [1.165, 1.54) is 4.90 Å². The van der Waals surface area contributed by atoms with Crippen LogP contribution in [-0.2, 0) is 6.18 Å². The molecule has 0 N–H and O–H groups in total. The molecular formula is C13H14F3N3O4. The van der Waals surface area contributed by atoms with Crippen LogP contribution in [0.1, 0.15) is 19.4 Å². The van der Waals surface area contributed by atoms with Crippen LogP contribution >= 0.6 is 0 Å². The van der Waals surface area contributed by atoms with Gasteiger partial charge in [-0.05, 0) is 13.8 Å². The smallest absolute Gasteiger partial charge is 0.357 e. The van der Waals surface area contributed by atoms with Gasteiger partial charge >= 0.3 is 6.18 Å². The Labute approximate surface area is 129 Å². The van der Waals surface area contributed by atoms with Crippen LogP contribution in [0.2, 0.25) is 0 Å². The number of nitrogens with zero attached hydrogens (tertiary/aromatic N) is 3. The van der Waals surface area contributed by atoms with Crippen molar-refractivity contribution in [3.05, 3.63) is 50.1 Å². The lowest BCUT2D eigenvalue weighted by Gasteiger charge is -2.23. The Kier molecular flexibility index (Phi) is 5.30. The molecule has 0 aliphatic rings. The zero-order valence-electron chi connectivity index (χ0n) is 12.4. The molecule has 0 aromatic heterocycles. The maximum absolute atomic E-state index is 12.8. The SMILES string of the molecule is C=C(C)CN(CC)c1c([N+](=O)[O-])cc(C(F)(F)F)cc1[N+](=O)[O-]. The van der Waals surface area contributed by atoms with Gasteiger partial charge in [0.1, 0.15) is 0 Å². The largest absolute Gasteiger partial charge is 0.416 e. The molecule has 0 amide bonds. The summed E-state index contributed by atoms with van der Waals surface area (Å²) in [6.45, 7) is 6.96. The molecule has 0 spiro atoms. The highest BCUT2D eigenvalue weighted by Gasteiger charge is 2.38. The highest BCUT2D eigenvalue weighted by Crippen LogP contribution is 2.43. The summed E-state index contributed by atoms with van der Waals surface area (Å²) in [5.74, 6) is 0. The molecule has 0 aliphatic carbocycles. The van der Waals surface area contributed by atoms with Crippen LogP contribution in [0.4, 0.5) is 30.2 Å². The zero-order valence-corrected chi connectivity index (χ0v) is 12.4. The predicted molar refractivity (Wildman–Crippen MR) is 77.5 cm³/mol. The quantitative estimate of drug-likeness (QED) is 0.447. The minimum Gasteiger partial charge on any atom is -0.357 e. The van der Waals surface area contributed by atoms with Crippen molar-refractivity contribution in [3.8, 4) is 0 Å². The highest BCUT2D eigenvalue weighted by atomic mass is 19.4. The van der Waals surface area contributed by atoms with E-state index in [2.05, 4.69) is 6.58 Å². The van der Waals surface area contributed by atoms with Crippen molar-refractivity contribution in [1.82, 2.24) is 0 Å². The van der Waals surface area contributed by atoms with Gasteiger partial charge in [0.25, 0.3) is 11.4 Å². The van der Waals surface area contributed by atoms with Gasteiger partial charge in [0.15, 0.2) is 5.69 Å². The second-order valence-electron chi connectivity index (χ2n) is 4.85. The van der Waals surface area contributed by atoms with Crippen LogP contribution in [0, 0.1) is 20.2 Å². The normalized spacial score (nSPS) is 11.2. The number of nitro benzene ring substituents is 2. The van der Waals surface area contributed by atoms with Gasteiger partial charge in [-0.25, -0.2) is 0 Å². The van der Waals surface area contributed by atoms with Crippen molar-refractivity contribution in [2.45, 2.75) is 20.0 Å². The van der Waals surface area contributed by atoms with Gasteiger partial charge in [0.2, 0.25) is 0 Å². The molecule has 0 saturated heterocycles. The lowest BCUT2D eigenvalue weighted by Crippen LogP contribution is -2.26. The summed E-state index contributed by atoms with van der Waals surface area (Å²) >= 11 is 0. The third-order valence-electron chi connectivity index (χ3n) is 2.95. The average Bonchev–Trinajstić information content (AvgIpc) is 2.41. The summed E-state index contributed by atoms with van der Waals surface area (Å²) in [7, 11) is 0. The van der Waals surface area contributed by atoms with Crippen LogP contribution in [-0.4, -0.2) is 22.9 Å². The summed E-state index contributed by atoms with van der Waals surface area (Å²) in [6, 6.07) is 0.618. The molecule has 10 heteroatoms. The summed E-state index contributed by atoms with van der Waals surface area (Å²) < 4.78 is 38.5. The molecule has 0 aliphatic heterocycles. The van der Waals surface area contributed by atoms with Crippen LogP contribution in [0.15, 0.2) is 24.3 Å². The molecule has 1 aromatic rings. The molecule has 0 fully saturated rings. The predicted octanol–water partition coefficient (Wildman–Crippen LogP) is 3.92. The monoisotopic (exact) mass is 333 g/mol. The Morgan fingerprint density at radius 2 is 1.65 bits per heavy atom. The molecule has 1 rings (SSSR count). The lowest BCUT2D eigenvalue weighted by molar-refractivity contribution is -0.393. The third kappa shape index (κ3) is 4.18. The van der Waals surface area contributed by atoms with E-state index in [9.17, 15) is 33.4 Å². The maximum Gasteiger partial charge on any atom is 0.416 e. The van der Waals surface area contributed by atoms with Crippen LogP contribution < -0.4 is 4.90 Å². The molecule has 0 unspecified atom stereocenters. The fourth-order valence-corrected chi connectivity index (χ4v) is 2.04. The zero-order chi connectivity index (χ0) is 17.9. The van der Waals surface area contributed by atoms with Gasteiger partial charge in [-0.1, -0.05) is 12.2 Å². The van der Waals surface area contributed by atoms with E-state index in [1.807, 2.05) is 0 Å². The molecule has 0 saturated carbocycles. The number of anilines is 1. The Bertz CT molecular complexity index is 623. The molecule has 23 heavy (non-hydrogen) atoms. The fourth-order valence-electron chi connectivity index (χ4n) is 2.04. The Morgan fingerprint density at radius 3 is 1.91 bits per heavy atom. The first-order valence-corrected chi connectivity index (χ1v) is 6.42. The minimum atomic E-state index is -4.93. The standard InChI is InChI=1S/C13H14F3N3O4/c1-4-17(7-8(2)3)12-10(18(20)21)5-9(13(14,15)16)6-11(12)19(22)23/h5-6H,2,4,7H2,1,3H3. The number of alkyl halides is 3. The minimum absolute atomic E-state index is 0.0452. The van der Waals surface area contributed by atoms with E-state index in [0.29, 0.717) is 17.7 Å². The van der Waals surface area contributed by atoms with Crippen molar-refractivity contribution >= 4 is 17.1 Å². The number of nitro groups is 2. The molecule has 0 radical (unpaired) electrons. The third-order valence-corrected chi connectivity index (χ3v) is 2.95. The van der Waals surface area contributed by atoms with Gasteiger partial charge < -0.3 is 4.90 Å². The number of halogens is 3. The second-order valence-corrected chi connectivity index (χ2v) is 4.85. The Morgan fingerprint density at radius 1 is 1.22 bits per heavy atom. The number of rotatable bonds is 6. The molecule has 126 valence electrons. The van der Waals surface area contributed by atoms with Gasteiger partial charge in [-0.3, -0.25) is 20.2 Å². The fraction of sp³-hybridized carbons (Fsp3) is 0.385. The maximum atomic E-state index is 12.8. The van der Waals surface area contributed by atoms with Gasteiger partial charge in [0.05, 0.1) is 15.4 Å². The molecule has 1 aromatic carbocycles. The Balaban J connectivity index is 3.74. The number of benzene rings is 1. The van der Waals surface area contributed by atoms with E-state index >= 15 is 0 Å². The first-order valence-electron chi connectivity index (χ1n) is 6.42. The van der Waals surface area contributed by atoms with Crippen molar-refractivity contribution in [2.24, 2.45) is 0 Å². The van der Waals surface area contributed by atoms with Crippen LogP contribution in [0.5, 0.6) is 0 Å². The van der Waals surface area contributed by atoms with E-state index in [0.717, 1.165) is 0 Å². The average molecular weight is 333 g/mol. The van der Waals surface area contributed by atoms with Gasteiger partial charge in [-0.15, -0.1) is 0 Å². The highest BCUT2D eigenvalue weighted by molar-refractivity contribution is 5.76. The van der Waals surface area contributed by atoms with Crippen LogP contribution in [0.3, 0.4) is 0 Å². The lowest BCUT2D eigenvalue weighted by atomic mass is 10.1. The van der Waals surface area contributed by atoms with E-state index < -0.39 is 38.6 Å². The molecule has 0 atom stereocenters. The van der Waals surface area contributed by atoms with Crippen molar-refractivity contribution in [3.63, 3.8) is 0 Å². The van der Waals surface area contributed by atoms with Gasteiger partial charge in [0, 0.05) is 25.2 Å². The van der Waals surface area contributed by atoms with E-state index in [4.69, 9.17) is 0 Å². The Hall–Kier alpha value is -2.65.